The summed E-state index contributed by atoms with van der Waals surface area (Å²) in [4.78, 5) is 45.0. The van der Waals surface area contributed by atoms with Gasteiger partial charge in [-0.3, -0.25) is 14.4 Å². The van der Waals surface area contributed by atoms with Crippen molar-refractivity contribution in [1.82, 2.24) is 20.6 Å². The third-order valence-electron chi connectivity index (χ3n) is 6.87. The lowest BCUT2D eigenvalue weighted by Crippen LogP contribution is -2.44. The number of para-hydroxylation sites is 1. The molecule has 210 valence electrons. The molecule has 1 aliphatic rings. The van der Waals surface area contributed by atoms with E-state index in [2.05, 4.69) is 20.6 Å². The van der Waals surface area contributed by atoms with Crippen LogP contribution in [-0.2, 0) is 0 Å². The summed E-state index contributed by atoms with van der Waals surface area (Å²) < 4.78 is 20.0. The molecule has 41 heavy (non-hydrogen) atoms. The topological polar surface area (TPSA) is 131 Å². The van der Waals surface area contributed by atoms with E-state index in [1.54, 1.807) is 41.8 Å². The molecule has 9 nitrogen and oxygen atoms in total. The van der Waals surface area contributed by atoms with Gasteiger partial charge in [0.15, 0.2) is 6.29 Å². The molecule has 0 atom stereocenters. The fraction of sp³-hybridized carbons (Fsp3) is 0.233. The van der Waals surface area contributed by atoms with E-state index in [-0.39, 0.29) is 40.7 Å². The highest BCUT2D eigenvalue weighted by molar-refractivity contribution is 7.09. The first-order valence-corrected chi connectivity index (χ1v) is 13.9. The van der Waals surface area contributed by atoms with Gasteiger partial charge in [0.2, 0.25) is 5.88 Å². The van der Waals surface area contributed by atoms with Crippen molar-refractivity contribution in [2.75, 3.05) is 0 Å². The number of hydrogen-bond acceptors (Lipinski definition) is 8. The summed E-state index contributed by atoms with van der Waals surface area (Å²) in [5.41, 5.74) is 1.50. The molecule has 1 aliphatic carbocycles. The predicted octanol–water partition coefficient (Wildman–Crippen LogP) is 5.43. The van der Waals surface area contributed by atoms with Crippen LogP contribution in [0.15, 0.2) is 60.1 Å². The number of nitrogens with zero attached hydrogens (tertiary/aromatic N) is 2. The molecule has 0 spiro atoms. The maximum absolute atomic E-state index is 14.1. The zero-order valence-electron chi connectivity index (χ0n) is 22.1. The van der Waals surface area contributed by atoms with E-state index in [1.165, 1.54) is 17.4 Å². The van der Waals surface area contributed by atoms with Gasteiger partial charge < -0.3 is 20.5 Å². The van der Waals surface area contributed by atoms with Gasteiger partial charge in [-0.15, -0.1) is 11.3 Å². The lowest BCUT2D eigenvalue weighted by molar-refractivity contribution is 0.0888. The maximum Gasteiger partial charge on any atom is 0.270 e. The highest BCUT2D eigenvalue weighted by Gasteiger charge is 2.26. The van der Waals surface area contributed by atoms with Crippen molar-refractivity contribution >= 4 is 29.4 Å². The summed E-state index contributed by atoms with van der Waals surface area (Å²) in [5, 5.41) is 18.9. The zero-order valence-corrected chi connectivity index (χ0v) is 22.9. The largest absolute Gasteiger partial charge is 0.507 e. The van der Waals surface area contributed by atoms with E-state index in [0.29, 0.717) is 54.5 Å². The standard InChI is InChI=1S/C30H27FN4O5S/c1-17-33-26(16-41-17)29(39)35-22-10-8-21(9-11-22)34-28(38)25-13-20(31)14-32-30(25)40-23-6-2-4-18(12-23)24-7-3-5-19(15-36)27(24)37/h2-7,12-16,21-22,37H,8-11H2,1H3,(H,34,38)(H,35,39)/t21-,22-. The van der Waals surface area contributed by atoms with Crippen LogP contribution in [0.2, 0.25) is 0 Å². The molecule has 1 saturated carbocycles. The summed E-state index contributed by atoms with van der Waals surface area (Å²) in [5.74, 6) is -1.35. The van der Waals surface area contributed by atoms with Crippen molar-refractivity contribution < 1.29 is 28.6 Å². The number of phenolic OH excluding ortho intramolecular Hbond substituents is 1. The summed E-state index contributed by atoms with van der Waals surface area (Å²) in [7, 11) is 0. The van der Waals surface area contributed by atoms with Gasteiger partial charge in [-0.1, -0.05) is 24.3 Å². The van der Waals surface area contributed by atoms with Crippen LogP contribution in [-0.4, -0.2) is 45.3 Å². The minimum absolute atomic E-state index is 0.0219. The van der Waals surface area contributed by atoms with E-state index in [1.807, 2.05) is 6.92 Å². The Hall–Kier alpha value is -4.64. The number of phenols is 1. The summed E-state index contributed by atoms with van der Waals surface area (Å²) in [6, 6.07) is 12.4. The number of amides is 2. The molecule has 2 heterocycles. The van der Waals surface area contributed by atoms with Gasteiger partial charge in [-0.2, -0.15) is 0 Å². The molecule has 0 bridgehead atoms. The number of ether oxygens (including phenoxy) is 1. The number of aromatic hydroxyl groups is 1. The second-order valence-electron chi connectivity index (χ2n) is 9.74. The average Bonchev–Trinajstić information content (AvgIpc) is 3.41. The van der Waals surface area contributed by atoms with Crippen molar-refractivity contribution in [3.8, 4) is 28.5 Å². The Morgan fingerprint density at radius 3 is 2.44 bits per heavy atom. The molecule has 5 rings (SSSR count). The van der Waals surface area contributed by atoms with E-state index in [0.717, 1.165) is 17.3 Å². The molecule has 0 unspecified atom stereocenters. The van der Waals surface area contributed by atoms with Crippen molar-refractivity contribution in [3.63, 3.8) is 0 Å². The maximum atomic E-state index is 14.1. The number of aldehydes is 1. The number of aryl methyl sites for hydroxylation is 1. The molecule has 2 aromatic heterocycles. The normalized spacial score (nSPS) is 16.5. The van der Waals surface area contributed by atoms with Crippen molar-refractivity contribution in [3.05, 3.63) is 87.8 Å². The molecular formula is C30H27FN4O5S. The van der Waals surface area contributed by atoms with Crippen LogP contribution in [0, 0.1) is 12.7 Å². The number of rotatable bonds is 8. The molecule has 0 aliphatic heterocycles. The summed E-state index contributed by atoms with van der Waals surface area (Å²) >= 11 is 1.42. The predicted molar refractivity (Wildman–Crippen MR) is 151 cm³/mol. The summed E-state index contributed by atoms with van der Waals surface area (Å²) in [6.07, 6.45) is 4.16. The van der Waals surface area contributed by atoms with Crippen LogP contribution >= 0.6 is 11.3 Å². The minimum Gasteiger partial charge on any atom is -0.507 e. The third-order valence-corrected chi connectivity index (χ3v) is 7.64. The van der Waals surface area contributed by atoms with Crippen LogP contribution in [0.3, 0.4) is 0 Å². The smallest absolute Gasteiger partial charge is 0.270 e. The first-order valence-electron chi connectivity index (χ1n) is 13.1. The number of halogens is 1. The molecular weight excluding hydrogens is 547 g/mol. The van der Waals surface area contributed by atoms with Gasteiger partial charge in [0, 0.05) is 23.0 Å². The number of thiazole rings is 1. The molecule has 11 heteroatoms. The SMILES string of the molecule is Cc1nc(C(=O)N[C@H]2CC[C@H](NC(=O)c3cc(F)cnc3Oc3cccc(-c4cccc(C=O)c4O)c3)CC2)cs1. The Balaban J connectivity index is 1.24. The van der Waals surface area contributed by atoms with E-state index >= 15 is 0 Å². The molecule has 0 saturated heterocycles. The van der Waals surface area contributed by atoms with Gasteiger partial charge in [-0.25, -0.2) is 14.4 Å². The zero-order chi connectivity index (χ0) is 28.9. The second-order valence-corrected chi connectivity index (χ2v) is 10.8. The Kier molecular flexibility index (Phi) is 8.34. The number of benzene rings is 2. The first kappa shape index (κ1) is 27.9. The molecule has 3 N–H and O–H groups in total. The number of hydrogen-bond donors (Lipinski definition) is 3. The fourth-order valence-corrected chi connectivity index (χ4v) is 5.36. The van der Waals surface area contributed by atoms with Crippen LogP contribution in [0.25, 0.3) is 11.1 Å². The number of carbonyl (C=O) groups excluding carboxylic acids is 3. The van der Waals surface area contributed by atoms with Crippen LogP contribution < -0.4 is 15.4 Å². The van der Waals surface area contributed by atoms with Gasteiger partial charge >= 0.3 is 0 Å². The van der Waals surface area contributed by atoms with Crippen LogP contribution in [0.1, 0.15) is 61.9 Å². The Morgan fingerprint density at radius 2 is 1.76 bits per heavy atom. The van der Waals surface area contributed by atoms with Crippen LogP contribution in [0.5, 0.6) is 17.4 Å². The number of nitrogens with one attached hydrogen (secondary N) is 2. The lowest BCUT2D eigenvalue weighted by Gasteiger charge is -2.29. The van der Waals surface area contributed by atoms with Gasteiger partial charge in [0.1, 0.15) is 28.6 Å². The number of pyridine rings is 1. The van der Waals surface area contributed by atoms with Crippen molar-refractivity contribution in [2.24, 2.45) is 0 Å². The first-order chi connectivity index (χ1) is 19.8. The third kappa shape index (κ3) is 6.58. The van der Waals surface area contributed by atoms with E-state index in [9.17, 15) is 23.9 Å². The van der Waals surface area contributed by atoms with Gasteiger partial charge in [0.05, 0.1) is 16.8 Å². The molecule has 2 aromatic carbocycles. The highest BCUT2D eigenvalue weighted by atomic mass is 32.1. The number of carbonyl (C=O) groups is 3. The second kappa shape index (κ2) is 12.3. The average molecular weight is 575 g/mol. The highest BCUT2D eigenvalue weighted by Crippen LogP contribution is 2.34. The Morgan fingerprint density at radius 1 is 1.05 bits per heavy atom. The minimum atomic E-state index is -0.685. The Labute approximate surface area is 239 Å². The van der Waals surface area contributed by atoms with Crippen LogP contribution in [0.4, 0.5) is 4.39 Å². The van der Waals surface area contributed by atoms with Gasteiger partial charge in [0.25, 0.3) is 11.8 Å². The Bertz CT molecular complexity index is 1600. The monoisotopic (exact) mass is 574 g/mol. The molecule has 4 aromatic rings. The summed E-state index contributed by atoms with van der Waals surface area (Å²) in [6.45, 7) is 1.85. The molecule has 2 amide bonds. The molecule has 1 fully saturated rings. The van der Waals surface area contributed by atoms with E-state index < -0.39 is 11.7 Å². The fourth-order valence-electron chi connectivity index (χ4n) is 4.77. The molecule has 0 radical (unpaired) electrons. The van der Waals surface area contributed by atoms with E-state index in [4.69, 9.17) is 4.74 Å². The lowest BCUT2D eigenvalue weighted by atomic mass is 9.91. The number of aromatic nitrogens is 2. The van der Waals surface area contributed by atoms with Gasteiger partial charge in [-0.05, 0) is 62.4 Å². The van der Waals surface area contributed by atoms with Crippen molar-refractivity contribution in [1.29, 1.82) is 0 Å². The quantitative estimate of drug-likeness (QED) is 0.239. The van der Waals surface area contributed by atoms with Crippen molar-refractivity contribution in [2.45, 2.75) is 44.7 Å².